The average molecular weight is 349 g/mol. The van der Waals surface area contributed by atoms with Crippen molar-refractivity contribution in [2.45, 2.75) is 19.3 Å². The van der Waals surface area contributed by atoms with Crippen LogP contribution in [-0.2, 0) is 11.2 Å². The van der Waals surface area contributed by atoms with E-state index in [-0.39, 0.29) is 0 Å². The van der Waals surface area contributed by atoms with Gasteiger partial charge in [-0.2, -0.15) is 4.73 Å². The van der Waals surface area contributed by atoms with E-state index in [1.807, 2.05) is 18.2 Å². The van der Waals surface area contributed by atoms with Gasteiger partial charge in [-0.15, -0.1) is 0 Å². The Labute approximate surface area is 150 Å². The SMILES string of the molecule is On1c(CC2CCOCC2)nc2c1-c1ccncc1Nc1ncccc1-2. The number of nitrogens with zero attached hydrogens (tertiary/aromatic N) is 4. The molecule has 3 aromatic rings. The molecule has 7 heteroatoms. The maximum absolute atomic E-state index is 11.0. The number of aromatic nitrogens is 4. The molecule has 1 fully saturated rings. The smallest absolute Gasteiger partial charge is 0.146 e. The highest BCUT2D eigenvalue weighted by Gasteiger charge is 2.28. The van der Waals surface area contributed by atoms with E-state index < -0.39 is 0 Å². The first-order valence-corrected chi connectivity index (χ1v) is 8.86. The van der Waals surface area contributed by atoms with Gasteiger partial charge in [0.15, 0.2) is 0 Å². The minimum Gasteiger partial charge on any atom is -0.427 e. The minimum atomic E-state index is 0.476. The summed E-state index contributed by atoms with van der Waals surface area (Å²) in [7, 11) is 0. The highest BCUT2D eigenvalue weighted by atomic mass is 16.5. The Morgan fingerprint density at radius 2 is 2.08 bits per heavy atom. The van der Waals surface area contributed by atoms with Crippen molar-refractivity contribution >= 4 is 11.5 Å². The second-order valence-corrected chi connectivity index (χ2v) is 6.74. The fourth-order valence-electron chi connectivity index (χ4n) is 3.75. The third kappa shape index (κ3) is 2.43. The van der Waals surface area contributed by atoms with Crippen LogP contribution in [0.25, 0.3) is 22.5 Å². The quantitative estimate of drug-likeness (QED) is 0.540. The predicted molar refractivity (Wildman–Crippen MR) is 96.4 cm³/mol. The summed E-state index contributed by atoms with van der Waals surface area (Å²) in [5.41, 5.74) is 3.97. The maximum atomic E-state index is 11.0. The lowest BCUT2D eigenvalue weighted by atomic mass is 9.96. The van der Waals surface area contributed by atoms with Gasteiger partial charge < -0.3 is 15.3 Å². The standard InChI is InChI=1S/C19H19N5O2/c25-24-16(10-12-4-8-26-9-5-12)23-17-14-2-1-6-21-19(14)22-15-11-20-7-3-13(15)18(17)24/h1-3,6-7,11-12,25H,4-5,8-10H2,(H,21,22). The lowest BCUT2D eigenvalue weighted by Crippen LogP contribution is -2.19. The summed E-state index contributed by atoms with van der Waals surface area (Å²) in [5, 5.41) is 14.3. The zero-order valence-corrected chi connectivity index (χ0v) is 14.2. The van der Waals surface area contributed by atoms with Gasteiger partial charge in [0.25, 0.3) is 0 Å². The van der Waals surface area contributed by atoms with Gasteiger partial charge in [0, 0.05) is 43.2 Å². The normalized spacial score (nSPS) is 16.2. The van der Waals surface area contributed by atoms with Crippen LogP contribution in [0.2, 0.25) is 0 Å². The van der Waals surface area contributed by atoms with Crippen LogP contribution in [-0.4, -0.2) is 38.1 Å². The zero-order valence-electron chi connectivity index (χ0n) is 14.2. The van der Waals surface area contributed by atoms with Crippen LogP contribution in [0.5, 0.6) is 0 Å². The Morgan fingerprint density at radius 1 is 1.19 bits per heavy atom. The van der Waals surface area contributed by atoms with Gasteiger partial charge in [-0.25, -0.2) is 9.97 Å². The van der Waals surface area contributed by atoms with E-state index in [1.165, 1.54) is 4.73 Å². The molecule has 0 atom stereocenters. The Hall–Kier alpha value is -2.93. The van der Waals surface area contributed by atoms with Crippen LogP contribution in [0.1, 0.15) is 18.7 Å². The van der Waals surface area contributed by atoms with Crippen LogP contribution < -0.4 is 5.32 Å². The Kier molecular flexibility index (Phi) is 3.60. The fraction of sp³-hybridized carbons (Fsp3) is 0.316. The molecule has 5 rings (SSSR count). The first-order valence-electron chi connectivity index (χ1n) is 8.86. The van der Waals surface area contributed by atoms with E-state index >= 15 is 0 Å². The molecule has 2 aliphatic rings. The van der Waals surface area contributed by atoms with Crippen LogP contribution in [0.3, 0.4) is 0 Å². The van der Waals surface area contributed by atoms with Gasteiger partial charge in [-0.1, -0.05) is 0 Å². The van der Waals surface area contributed by atoms with Crippen molar-refractivity contribution in [1.82, 2.24) is 19.7 Å². The molecule has 0 bridgehead atoms. The summed E-state index contributed by atoms with van der Waals surface area (Å²) in [6.45, 7) is 1.56. The van der Waals surface area contributed by atoms with E-state index in [0.29, 0.717) is 17.4 Å². The first kappa shape index (κ1) is 15.3. The molecule has 132 valence electrons. The van der Waals surface area contributed by atoms with Gasteiger partial charge in [0.1, 0.15) is 23.0 Å². The van der Waals surface area contributed by atoms with Crippen molar-refractivity contribution in [3.63, 3.8) is 0 Å². The Bertz CT molecular complexity index is 962. The van der Waals surface area contributed by atoms with Crippen molar-refractivity contribution in [2.75, 3.05) is 18.5 Å². The summed E-state index contributed by atoms with van der Waals surface area (Å²) in [5.74, 6) is 1.88. The number of hydrogen-bond donors (Lipinski definition) is 2. The highest BCUT2D eigenvalue weighted by Crippen LogP contribution is 2.43. The van der Waals surface area contributed by atoms with Gasteiger partial charge >= 0.3 is 0 Å². The molecule has 26 heavy (non-hydrogen) atoms. The van der Waals surface area contributed by atoms with Crippen molar-refractivity contribution in [3.05, 3.63) is 42.6 Å². The summed E-state index contributed by atoms with van der Waals surface area (Å²) in [6.07, 6.45) is 7.93. The van der Waals surface area contributed by atoms with Crippen molar-refractivity contribution < 1.29 is 9.94 Å². The molecule has 0 saturated carbocycles. The van der Waals surface area contributed by atoms with E-state index in [0.717, 1.165) is 60.8 Å². The second kappa shape index (κ2) is 6.10. The number of nitrogens with one attached hydrogen (secondary N) is 1. The number of rotatable bonds is 2. The van der Waals surface area contributed by atoms with Crippen LogP contribution in [0.15, 0.2) is 36.8 Å². The van der Waals surface area contributed by atoms with E-state index in [4.69, 9.17) is 9.72 Å². The predicted octanol–water partition coefficient (Wildman–Crippen LogP) is 3.27. The Balaban J connectivity index is 1.67. The molecular formula is C19H19N5O2. The summed E-state index contributed by atoms with van der Waals surface area (Å²) < 4.78 is 6.69. The lowest BCUT2D eigenvalue weighted by Gasteiger charge is -2.21. The van der Waals surface area contributed by atoms with E-state index in [9.17, 15) is 5.21 Å². The zero-order chi connectivity index (χ0) is 17.5. The van der Waals surface area contributed by atoms with E-state index in [2.05, 4.69) is 15.3 Å². The molecule has 2 aliphatic heterocycles. The number of imidazole rings is 1. The van der Waals surface area contributed by atoms with Crippen LogP contribution in [0.4, 0.5) is 11.5 Å². The highest BCUT2D eigenvalue weighted by molar-refractivity contribution is 5.94. The summed E-state index contributed by atoms with van der Waals surface area (Å²) in [4.78, 5) is 13.5. The topological polar surface area (TPSA) is 85.1 Å². The molecule has 0 aliphatic carbocycles. The number of ether oxygens (including phenoxy) is 1. The Morgan fingerprint density at radius 3 is 2.96 bits per heavy atom. The monoisotopic (exact) mass is 349 g/mol. The van der Waals surface area contributed by atoms with Crippen molar-refractivity contribution in [2.24, 2.45) is 5.92 Å². The molecule has 2 N–H and O–H groups in total. The van der Waals surface area contributed by atoms with Gasteiger partial charge in [0.2, 0.25) is 0 Å². The molecule has 0 amide bonds. The second-order valence-electron chi connectivity index (χ2n) is 6.74. The largest absolute Gasteiger partial charge is 0.427 e. The van der Waals surface area contributed by atoms with Gasteiger partial charge in [-0.3, -0.25) is 4.98 Å². The molecule has 0 spiro atoms. The number of pyridine rings is 2. The molecule has 0 unspecified atom stereocenters. The number of anilines is 2. The maximum Gasteiger partial charge on any atom is 0.146 e. The van der Waals surface area contributed by atoms with Crippen LogP contribution in [0, 0.1) is 5.92 Å². The third-order valence-corrected chi connectivity index (χ3v) is 5.13. The first-order chi connectivity index (χ1) is 12.8. The molecule has 1 saturated heterocycles. The summed E-state index contributed by atoms with van der Waals surface area (Å²) >= 11 is 0. The van der Waals surface area contributed by atoms with Crippen LogP contribution >= 0.6 is 0 Å². The molecule has 7 nitrogen and oxygen atoms in total. The molecule has 0 aromatic carbocycles. The molecular weight excluding hydrogens is 330 g/mol. The summed E-state index contributed by atoms with van der Waals surface area (Å²) in [6, 6.07) is 5.74. The number of hydrogen-bond acceptors (Lipinski definition) is 6. The minimum absolute atomic E-state index is 0.476. The molecule has 0 radical (unpaired) electrons. The van der Waals surface area contributed by atoms with Gasteiger partial charge in [0.05, 0.1) is 11.9 Å². The van der Waals surface area contributed by atoms with Crippen molar-refractivity contribution in [3.8, 4) is 22.5 Å². The fourth-order valence-corrected chi connectivity index (χ4v) is 3.75. The molecule has 3 aromatic heterocycles. The van der Waals surface area contributed by atoms with Gasteiger partial charge in [-0.05, 0) is 37.0 Å². The lowest BCUT2D eigenvalue weighted by molar-refractivity contribution is 0.0636. The van der Waals surface area contributed by atoms with E-state index in [1.54, 1.807) is 18.6 Å². The number of fused-ring (bicyclic) bond motifs is 5. The molecule has 5 heterocycles. The average Bonchev–Trinajstić information content (AvgIpc) is 2.92. The van der Waals surface area contributed by atoms with Crippen molar-refractivity contribution in [1.29, 1.82) is 0 Å². The third-order valence-electron chi connectivity index (χ3n) is 5.13.